The fourth-order valence-corrected chi connectivity index (χ4v) is 5.10. The highest BCUT2D eigenvalue weighted by Crippen LogP contribution is 2.34. The Kier molecular flexibility index (Phi) is 6.15. The smallest absolute Gasteiger partial charge is 0.164 e. The molecule has 0 spiro atoms. The number of hydrogen-bond acceptors (Lipinski definition) is 3. The molecule has 0 unspecified atom stereocenters. The van der Waals surface area contributed by atoms with Crippen LogP contribution < -0.4 is 0 Å². The summed E-state index contributed by atoms with van der Waals surface area (Å²) in [6.45, 7) is 0. The van der Waals surface area contributed by atoms with E-state index in [1.807, 2.05) is 60.7 Å². The summed E-state index contributed by atoms with van der Waals surface area (Å²) in [4.78, 5) is 14.7. The first kappa shape index (κ1) is 23.7. The van der Waals surface area contributed by atoms with E-state index in [0.29, 0.717) is 17.5 Å². The number of aromatic nitrogens is 3. The third kappa shape index (κ3) is 4.65. The molecule has 6 aromatic carbocycles. The molecule has 7 rings (SSSR count). The molecule has 0 aliphatic rings. The summed E-state index contributed by atoms with van der Waals surface area (Å²) in [5.41, 5.74) is 7.69. The van der Waals surface area contributed by atoms with Crippen molar-refractivity contribution < 1.29 is 0 Å². The molecule has 40 heavy (non-hydrogen) atoms. The maximum atomic E-state index is 4.92. The van der Waals surface area contributed by atoms with Crippen LogP contribution in [0.2, 0.25) is 0 Å². The lowest BCUT2D eigenvalue weighted by Crippen LogP contribution is -2.00. The quantitative estimate of drug-likeness (QED) is 0.231. The summed E-state index contributed by atoms with van der Waals surface area (Å²) in [7, 11) is 0. The Morgan fingerprint density at radius 3 is 1.23 bits per heavy atom. The van der Waals surface area contributed by atoms with E-state index in [1.54, 1.807) is 0 Å². The molecule has 0 N–H and O–H groups in total. The van der Waals surface area contributed by atoms with Crippen molar-refractivity contribution in [2.45, 2.75) is 0 Å². The van der Waals surface area contributed by atoms with Gasteiger partial charge in [-0.15, -0.1) is 0 Å². The van der Waals surface area contributed by atoms with Crippen molar-refractivity contribution in [1.29, 1.82) is 0 Å². The summed E-state index contributed by atoms with van der Waals surface area (Å²) in [6.07, 6.45) is 0. The molecule has 3 heteroatoms. The molecule has 0 fully saturated rings. The fourth-order valence-electron chi connectivity index (χ4n) is 5.10. The standard InChI is InChI=1S/C37H25N3/c1-4-12-27(13-5-1)33-18-10-11-19-34(33)30-22-20-26-21-23-31(25-32(26)24-30)37-39-35(28-14-6-2-7-15-28)38-36(40-37)29-16-8-3-9-17-29/h1-25H. The number of nitrogens with zero attached hydrogens (tertiary/aromatic N) is 3. The van der Waals surface area contributed by atoms with Crippen molar-refractivity contribution in [3.05, 3.63) is 152 Å². The van der Waals surface area contributed by atoms with Gasteiger partial charge < -0.3 is 0 Å². The lowest BCUT2D eigenvalue weighted by atomic mass is 9.93. The zero-order valence-electron chi connectivity index (χ0n) is 21.8. The van der Waals surface area contributed by atoms with Gasteiger partial charge in [0.15, 0.2) is 17.5 Å². The van der Waals surface area contributed by atoms with Crippen LogP contribution in [0.15, 0.2) is 152 Å². The van der Waals surface area contributed by atoms with Gasteiger partial charge in [0.2, 0.25) is 0 Å². The minimum absolute atomic E-state index is 0.657. The van der Waals surface area contributed by atoms with Crippen molar-refractivity contribution in [2.75, 3.05) is 0 Å². The van der Waals surface area contributed by atoms with Gasteiger partial charge in [-0.1, -0.05) is 140 Å². The second-order valence-electron chi connectivity index (χ2n) is 9.73. The van der Waals surface area contributed by atoms with Crippen LogP contribution in [0.1, 0.15) is 0 Å². The minimum atomic E-state index is 0.657. The second-order valence-corrected chi connectivity index (χ2v) is 9.73. The van der Waals surface area contributed by atoms with Crippen molar-refractivity contribution in [3.63, 3.8) is 0 Å². The Morgan fingerprint density at radius 2 is 0.675 bits per heavy atom. The summed E-state index contributed by atoms with van der Waals surface area (Å²) in [5, 5.41) is 2.31. The average molecular weight is 512 g/mol. The van der Waals surface area contributed by atoms with Gasteiger partial charge >= 0.3 is 0 Å². The van der Waals surface area contributed by atoms with E-state index in [-0.39, 0.29) is 0 Å². The number of rotatable bonds is 5. The van der Waals surface area contributed by atoms with Crippen LogP contribution in [-0.4, -0.2) is 15.0 Å². The van der Waals surface area contributed by atoms with Crippen LogP contribution in [0.4, 0.5) is 0 Å². The van der Waals surface area contributed by atoms with E-state index in [4.69, 9.17) is 15.0 Å². The Morgan fingerprint density at radius 1 is 0.275 bits per heavy atom. The van der Waals surface area contributed by atoms with Crippen LogP contribution in [-0.2, 0) is 0 Å². The summed E-state index contributed by atoms with van der Waals surface area (Å²) < 4.78 is 0. The normalized spacial score (nSPS) is 11.0. The lowest BCUT2D eigenvalue weighted by molar-refractivity contribution is 1.07. The van der Waals surface area contributed by atoms with Crippen LogP contribution >= 0.6 is 0 Å². The highest BCUT2D eigenvalue weighted by molar-refractivity contribution is 5.93. The predicted molar refractivity (Wildman–Crippen MR) is 165 cm³/mol. The molecule has 0 bridgehead atoms. The number of hydrogen-bond donors (Lipinski definition) is 0. The maximum absolute atomic E-state index is 4.92. The molecule has 0 aliphatic carbocycles. The highest BCUT2D eigenvalue weighted by atomic mass is 15.0. The molecule has 0 atom stereocenters. The largest absolute Gasteiger partial charge is 0.208 e. The molecule has 0 aliphatic heterocycles. The molecular formula is C37H25N3. The topological polar surface area (TPSA) is 38.7 Å². The highest BCUT2D eigenvalue weighted by Gasteiger charge is 2.13. The van der Waals surface area contributed by atoms with E-state index in [1.165, 1.54) is 27.6 Å². The van der Waals surface area contributed by atoms with E-state index in [2.05, 4.69) is 91.0 Å². The zero-order valence-corrected chi connectivity index (χ0v) is 21.8. The average Bonchev–Trinajstić information content (AvgIpc) is 3.05. The predicted octanol–water partition coefficient (Wildman–Crippen LogP) is 9.36. The van der Waals surface area contributed by atoms with Gasteiger partial charge in [-0.2, -0.15) is 0 Å². The Hall–Kier alpha value is -5.41. The van der Waals surface area contributed by atoms with Crippen molar-refractivity contribution >= 4 is 10.8 Å². The van der Waals surface area contributed by atoms with Gasteiger partial charge in [-0.25, -0.2) is 15.0 Å². The summed E-state index contributed by atoms with van der Waals surface area (Å²) in [5.74, 6) is 1.98. The summed E-state index contributed by atoms with van der Waals surface area (Å²) in [6, 6.07) is 52.3. The van der Waals surface area contributed by atoms with Crippen molar-refractivity contribution in [3.8, 4) is 56.4 Å². The third-order valence-corrected chi connectivity index (χ3v) is 7.12. The van der Waals surface area contributed by atoms with Crippen LogP contribution in [0.25, 0.3) is 67.2 Å². The van der Waals surface area contributed by atoms with E-state index in [0.717, 1.165) is 22.1 Å². The summed E-state index contributed by atoms with van der Waals surface area (Å²) >= 11 is 0. The van der Waals surface area contributed by atoms with E-state index >= 15 is 0 Å². The van der Waals surface area contributed by atoms with Gasteiger partial charge in [-0.05, 0) is 45.2 Å². The molecule has 0 radical (unpaired) electrons. The van der Waals surface area contributed by atoms with Gasteiger partial charge in [0.1, 0.15) is 0 Å². The first-order chi connectivity index (χ1) is 19.8. The zero-order chi connectivity index (χ0) is 26.7. The molecule has 0 saturated heterocycles. The van der Waals surface area contributed by atoms with Crippen LogP contribution in [0, 0.1) is 0 Å². The first-order valence-electron chi connectivity index (χ1n) is 13.4. The Balaban J connectivity index is 1.36. The van der Waals surface area contributed by atoms with Gasteiger partial charge in [0.05, 0.1) is 0 Å². The monoisotopic (exact) mass is 511 g/mol. The van der Waals surface area contributed by atoms with Crippen LogP contribution in [0.5, 0.6) is 0 Å². The van der Waals surface area contributed by atoms with E-state index < -0.39 is 0 Å². The van der Waals surface area contributed by atoms with Gasteiger partial charge in [0, 0.05) is 16.7 Å². The SMILES string of the molecule is c1ccc(-c2nc(-c3ccccc3)nc(-c3ccc4ccc(-c5ccccc5-c5ccccc5)cc4c3)n2)cc1. The lowest BCUT2D eigenvalue weighted by Gasteiger charge is -2.12. The molecule has 1 aromatic heterocycles. The van der Waals surface area contributed by atoms with Crippen molar-refractivity contribution in [2.24, 2.45) is 0 Å². The second kappa shape index (κ2) is 10.4. The number of benzene rings is 6. The van der Waals surface area contributed by atoms with Crippen molar-refractivity contribution in [1.82, 2.24) is 15.0 Å². The molecule has 0 amide bonds. The Bertz CT molecular complexity index is 1870. The maximum Gasteiger partial charge on any atom is 0.164 e. The van der Waals surface area contributed by atoms with Gasteiger partial charge in [0.25, 0.3) is 0 Å². The van der Waals surface area contributed by atoms with E-state index in [9.17, 15) is 0 Å². The Labute approximate surface area is 233 Å². The molecule has 0 saturated carbocycles. The van der Waals surface area contributed by atoms with Crippen LogP contribution in [0.3, 0.4) is 0 Å². The molecule has 7 aromatic rings. The third-order valence-electron chi connectivity index (χ3n) is 7.12. The molecule has 1 heterocycles. The fraction of sp³-hybridized carbons (Fsp3) is 0. The van der Waals surface area contributed by atoms with Gasteiger partial charge in [-0.3, -0.25) is 0 Å². The molecule has 3 nitrogen and oxygen atoms in total. The first-order valence-corrected chi connectivity index (χ1v) is 13.4. The number of fused-ring (bicyclic) bond motifs is 1. The minimum Gasteiger partial charge on any atom is -0.208 e. The molecule has 188 valence electrons. The molecular weight excluding hydrogens is 486 g/mol.